The molecular weight excluding hydrogens is 415 g/mol. The Morgan fingerprint density at radius 2 is 1.97 bits per heavy atom. The van der Waals surface area contributed by atoms with Crippen LogP contribution in [0, 0.1) is 5.82 Å². The molecule has 0 unspecified atom stereocenters. The quantitative estimate of drug-likeness (QED) is 0.673. The number of thioether (sulfide) groups is 1. The summed E-state index contributed by atoms with van der Waals surface area (Å²) in [4.78, 5) is 12.5. The van der Waals surface area contributed by atoms with E-state index in [9.17, 15) is 17.6 Å². The van der Waals surface area contributed by atoms with Crippen LogP contribution >= 0.6 is 11.8 Å². The molecule has 1 N–H and O–H groups in total. The van der Waals surface area contributed by atoms with Gasteiger partial charge in [0.25, 0.3) is 5.91 Å². The number of rotatable bonds is 7. The molecule has 1 aliphatic heterocycles. The summed E-state index contributed by atoms with van der Waals surface area (Å²) in [6.45, 7) is 0.575. The molecule has 0 bridgehead atoms. The first kappa shape index (κ1) is 21.4. The zero-order valence-corrected chi connectivity index (χ0v) is 17.6. The number of anilines is 1. The van der Waals surface area contributed by atoms with Crippen LogP contribution in [0.2, 0.25) is 0 Å². The van der Waals surface area contributed by atoms with Crippen molar-refractivity contribution in [1.82, 2.24) is 5.32 Å². The maximum absolute atomic E-state index is 13.6. The van der Waals surface area contributed by atoms with Gasteiger partial charge in [0, 0.05) is 31.0 Å². The van der Waals surface area contributed by atoms with E-state index in [4.69, 9.17) is 4.74 Å². The number of carbonyl (C=O) groups is 1. The number of sulfonamides is 1. The second-order valence-electron chi connectivity index (χ2n) is 6.63. The molecule has 2 aromatic carbocycles. The second-order valence-corrected chi connectivity index (χ2v) is 9.65. The molecule has 9 heteroatoms. The summed E-state index contributed by atoms with van der Waals surface area (Å²) in [6, 6.07) is 13.4. The molecule has 1 amide bonds. The van der Waals surface area contributed by atoms with Gasteiger partial charge in [-0.15, -0.1) is 0 Å². The molecule has 6 nitrogen and oxygen atoms in total. The smallest absolute Gasteiger partial charge is 0.261 e. The predicted molar refractivity (Wildman–Crippen MR) is 113 cm³/mol. The van der Waals surface area contributed by atoms with Crippen molar-refractivity contribution >= 4 is 33.4 Å². The van der Waals surface area contributed by atoms with Crippen LogP contribution in [0.15, 0.2) is 48.5 Å². The molecule has 0 aliphatic carbocycles. The largest absolute Gasteiger partial charge is 0.478 e. The summed E-state index contributed by atoms with van der Waals surface area (Å²) < 4.78 is 44.9. The fraction of sp³-hybridized carbons (Fsp3) is 0.350. The molecule has 156 valence electrons. The Bertz CT molecular complexity index is 968. The summed E-state index contributed by atoms with van der Waals surface area (Å²) in [6.07, 6.45) is 0.604. The number of benzene rings is 2. The zero-order valence-electron chi connectivity index (χ0n) is 16.0. The van der Waals surface area contributed by atoms with Crippen LogP contribution in [-0.4, -0.2) is 45.5 Å². The lowest BCUT2D eigenvalue weighted by Gasteiger charge is -2.20. The average molecular weight is 439 g/mol. The third-order valence-corrected chi connectivity index (χ3v) is 6.64. The van der Waals surface area contributed by atoms with Crippen molar-refractivity contribution in [3.63, 3.8) is 0 Å². The minimum Gasteiger partial charge on any atom is -0.478 e. The van der Waals surface area contributed by atoms with Gasteiger partial charge in [-0.1, -0.05) is 30.3 Å². The first-order valence-corrected chi connectivity index (χ1v) is 12.2. The van der Waals surface area contributed by atoms with Crippen molar-refractivity contribution < 1.29 is 22.3 Å². The third kappa shape index (κ3) is 5.63. The van der Waals surface area contributed by atoms with Crippen LogP contribution in [-0.2, 0) is 20.6 Å². The molecular formula is C20H23FN2O4S2. The van der Waals surface area contributed by atoms with Gasteiger partial charge in [-0.3, -0.25) is 9.10 Å². The molecule has 3 rings (SSSR count). The highest BCUT2D eigenvalue weighted by molar-refractivity contribution is 7.98. The van der Waals surface area contributed by atoms with Crippen LogP contribution in [0.25, 0.3) is 0 Å². The molecule has 29 heavy (non-hydrogen) atoms. The Morgan fingerprint density at radius 3 is 2.72 bits per heavy atom. The number of fused-ring (bicyclic) bond motifs is 1. The highest BCUT2D eigenvalue weighted by Crippen LogP contribution is 2.33. The second kappa shape index (κ2) is 9.49. The monoisotopic (exact) mass is 438 g/mol. The van der Waals surface area contributed by atoms with Gasteiger partial charge in [-0.2, -0.15) is 11.8 Å². The summed E-state index contributed by atoms with van der Waals surface area (Å²) in [5, 5.41) is 2.82. The van der Waals surface area contributed by atoms with E-state index in [-0.39, 0.29) is 24.7 Å². The lowest BCUT2D eigenvalue weighted by molar-refractivity contribution is -0.127. The number of nitrogens with zero attached hydrogens (tertiary/aromatic N) is 1. The molecule has 0 aromatic heterocycles. The number of nitrogens with one attached hydrogen (secondary N) is 1. The maximum atomic E-state index is 13.6. The van der Waals surface area contributed by atoms with Gasteiger partial charge in [-0.05, 0) is 23.8 Å². The van der Waals surface area contributed by atoms with E-state index < -0.39 is 16.1 Å². The predicted octanol–water partition coefficient (Wildman–Crippen LogP) is 2.79. The molecule has 1 heterocycles. The van der Waals surface area contributed by atoms with E-state index in [0.717, 1.165) is 6.26 Å². The fourth-order valence-electron chi connectivity index (χ4n) is 3.02. The van der Waals surface area contributed by atoms with E-state index in [1.165, 1.54) is 22.1 Å². The van der Waals surface area contributed by atoms with Gasteiger partial charge >= 0.3 is 0 Å². The van der Waals surface area contributed by atoms with Gasteiger partial charge < -0.3 is 10.1 Å². The molecule has 1 atom stereocenters. The van der Waals surface area contributed by atoms with E-state index in [1.807, 2.05) is 0 Å². The van der Waals surface area contributed by atoms with Gasteiger partial charge in [-0.25, -0.2) is 12.8 Å². The normalized spacial score (nSPS) is 16.5. The van der Waals surface area contributed by atoms with Gasteiger partial charge in [0.05, 0.1) is 11.9 Å². The minimum atomic E-state index is -3.48. The van der Waals surface area contributed by atoms with Gasteiger partial charge in [0.15, 0.2) is 6.10 Å². The number of carbonyl (C=O) groups excluding carboxylic acids is 1. The Labute approximate surface area is 174 Å². The summed E-state index contributed by atoms with van der Waals surface area (Å²) in [5.74, 6) is 0.994. The van der Waals surface area contributed by atoms with Crippen molar-refractivity contribution in [2.75, 3.05) is 29.4 Å². The number of para-hydroxylation sites is 2. The van der Waals surface area contributed by atoms with E-state index >= 15 is 0 Å². The third-order valence-electron chi connectivity index (χ3n) is 4.45. The van der Waals surface area contributed by atoms with Crippen molar-refractivity contribution in [3.8, 4) is 5.75 Å². The van der Waals surface area contributed by atoms with Crippen molar-refractivity contribution in [2.24, 2.45) is 0 Å². The molecule has 0 spiro atoms. The summed E-state index contributed by atoms with van der Waals surface area (Å²) >= 11 is 1.52. The number of halogens is 1. The fourth-order valence-corrected chi connectivity index (χ4v) is 4.81. The maximum Gasteiger partial charge on any atom is 0.261 e. The Kier molecular flexibility index (Phi) is 7.02. The Hall–Kier alpha value is -2.26. The molecule has 0 saturated heterocycles. The van der Waals surface area contributed by atoms with Crippen LogP contribution in [0.5, 0.6) is 5.75 Å². The molecule has 1 aliphatic rings. The minimum absolute atomic E-state index is 0.163. The van der Waals surface area contributed by atoms with Crippen molar-refractivity contribution in [2.45, 2.75) is 18.3 Å². The molecule has 0 radical (unpaired) electrons. The average Bonchev–Trinajstić information content (AvgIpc) is 2.88. The first-order chi connectivity index (χ1) is 13.9. The van der Waals surface area contributed by atoms with Crippen molar-refractivity contribution in [3.05, 3.63) is 59.9 Å². The topological polar surface area (TPSA) is 75.7 Å². The highest BCUT2D eigenvalue weighted by atomic mass is 32.2. The van der Waals surface area contributed by atoms with E-state index in [1.54, 1.807) is 42.5 Å². The van der Waals surface area contributed by atoms with E-state index in [0.29, 0.717) is 35.1 Å². The van der Waals surface area contributed by atoms with Gasteiger partial charge in [0.1, 0.15) is 11.6 Å². The number of amides is 1. The Morgan fingerprint density at radius 1 is 1.24 bits per heavy atom. The van der Waals surface area contributed by atoms with Gasteiger partial charge in [0.2, 0.25) is 10.0 Å². The lowest BCUT2D eigenvalue weighted by atomic mass is 10.2. The summed E-state index contributed by atoms with van der Waals surface area (Å²) in [5.41, 5.74) is 1.07. The zero-order chi connectivity index (χ0) is 20.9. The number of hydrogen-bond donors (Lipinski definition) is 1. The molecule has 2 aromatic rings. The lowest BCUT2D eigenvalue weighted by Crippen LogP contribution is -2.40. The van der Waals surface area contributed by atoms with Crippen LogP contribution in [0.3, 0.4) is 0 Å². The summed E-state index contributed by atoms with van der Waals surface area (Å²) in [7, 11) is -3.48. The van der Waals surface area contributed by atoms with E-state index in [2.05, 4.69) is 5.32 Å². The number of ether oxygens (including phenoxy) is 1. The first-order valence-electron chi connectivity index (χ1n) is 9.18. The molecule has 0 fully saturated rings. The number of hydrogen-bond acceptors (Lipinski definition) is 5. The highest BCUT2D eigenvalue weighted by Gasteiger charge is 2.30. The Balaban J connectivity index is 1.53. The van der Waals surface area contributed by atoms with Crippen LogP contribution in [0.4, 0.5) is 10.1 Å². The van der Waals surface area contributed by atoms with Crippen LogP contribution < -0.4 is 14.4 Å². The van der Waals surface area contributed by atoms with Crippen LogP contribution in [0.1, 0.15) is 12.0 Å². The molecule has 0 saturated carbocycles. The van der Waals surface area contributed by atoms with Crippen molar-refractivity contribution in [1.29, 1.82) is 0 Å². The standard InChI is InChI=1S/C20H23FN2O4S2/c1-29(25,26)23-12-10-19(27-18-9-5-4-8-17(18)23)20(24)22-11-13-28-14-15-6-2-3-7-16(15)21/h2-9,19H,10-14H2,1H3,(H,22,24)/t19-/m0/s1. The SMILES string of the molecule is CS(=O)(=O)N1CC[C@@H](C(=O)NCCSCc2ccccc2F)Oc2ccccc21.